The van der Waals surface area contributed by atoms with Gasteiger partial charge in [-0.1, -0.05) is 0 Å². The van der Waals surface area contributed by atoms with Gasteiger partial charge in [0.15, 0.2) is 0 Å². The van der Waals surface area contributed by atoms with Crippen LogP contribution < -0.4 is 5.73 Å². The smallest absolute Gasteiger partial charge is 0.339 e. The summed E-state index contributed by atoms with van der Waals surface area (Å²) in [5.74, 6) is 0. The van der Waals surface area contributed by atoms with Crippen molar-refractivity contribution >= 4 is 17.4 Å². The van der Waals surface area contributed by atoms with E-state index in [0.29, 0.717) is 10.1 Å². The molecule has 3 N–H and O–H groups in total. The van der Waals surface area contributed by atoms with Gasteiger partial charge in [-0.25, -0.2) is 9.78 Å². The lowest BCUT2D eigenvalue weighted by molar-refractivity contribution is -0.0710. The van der Waals surface area contributed by atoms with Crippen LogP contribution in [0, 0.1) is 0 Å². The SMILES string of the molecule is CC(c1nccs1)N(O)C(N)=O. The molecule has 1 aromatic rings. The van der Waals surface area contributed by atoms with Crippen LogP contribution in [-0.2, 0) is 0 Å². The van der Waals surface area contributed by atoms with Gasteiger partial charge in [-0.3, -0.25) is 5.21 Å². The van der Waals surface area contributed by atoms with Gasteiger partial charge in [0.1, 0.15) is 11.0 Å². The van der Waals surface area contributed by atoms with E-state index in [2.05, 4.69) is 4.98 Å². The van der Waals surface area contributed by atoms with Crippen molar-refractivity contribution in [2.24, 2.45) is 5.73 Å². The van der Waals surface area contributed by atoms with Crippen molar-refractivity contribution in [2.75, 3.05) is 0 Å². The predicted molar refractivity (Wildman–Crippen MR) is 43.7 cm³/mol. The fraction of sp³-hybridized carbons (Fsp3) is 0.333. The Bertz CT molecular complexity index is 262. The molecule has 0 aliphatic carbocycles. The third-order valence-electron chi connectivity index (χ3n) is 1.40. The van der Waals surface area contributed by atoms with Gasteiger partial charge in [0.05, 0.1) is 0 Å². The summed E-state index contributed by atoms with van der Waals surface area (Å²) in [6.45, 7) is 1.64. The fourth-order valence-corrected chi connectivity index (χ4v) is 1.42. The van der Waals surface area contributed by atoms with Crippen LogP contribution in [0.4, 0.5) is 4.79 Å². The second kappa shape index (κ2) is 3.51. The van der Waals surface area contributed by atoms with Crippen LogP contribution in [-0.4, -0.2) is 21.3 Å². The number of hydrogen-bond donors (Lipinski definition) is 2. The number of hydrogen-bond acceptors (Lipinski definition) is 4. The zero-order valence-electron chi connectivity index (χ0n) is 6.47. The predicted octanol–water partition coefficient (Wildman–Crippen LogP) is 0.974. The Kier molecular flexibility index (Phi) is 2.61. The van der Waals surface area contributed by atoms with Crippen molar-refractivity contribution in [3.63, 3.8) is 0 Å². The molecule has 1 atom stereocenters. The molecule has 1 unspecified atom stereocenters. The van der Waals surface area contributed by atoms with E-state index in [4.69, 9.17) is 10.9 Å². The molecule has 66 valence electrons. The molecule has 0 saturated carbocycles. The molecule has 0 spiro atoms. The topological polar surface area (TPSA) is 79.4 Å². The molecule has 6 heteroatoms. The Morgan fingerprint density at radius 2 is 2.58 bits per heavy atom. The van der Waals surface area contributed by atoms with Crippen LogP contribution in [0.25, 0.3) is 0 Å². The van der Waals surface area contributed by atoms with E-state index in [0.717, 1.165) is 0 Å². The molecule has 0 aliphatic heterocycles. The van der Waals surface area contributed by atoms with E-state index in [1.54, 1.807) is 18.5 Å². The summed E-state index contributed by atoms with van der Waals surface area (Å²) in [4.78, 5) is 14.4. The highest BCUT2D eigenvalue weighted by Gasteiger charge is 2.18. The molecule has 1 heterocycles. The number of aromatic nitrogens is 1. The lowest BCUT2D eigenvalue weighted by Crippen LogP contribution is -2.34. The number of thiazole rings is 1. The van der Waals surface area contributed by atoms with Gasteiger partial charge in [-0.15, -0.1) is 11.3 Å². The minimum Gasteiger partial charge on any atom is -0.350 e. The quantitative estimate of drug-likeness (QED) is 0.535. The van der Waals surface area contributed by atoms with Crippen LogP contribution in [0.2, 0.25) is 0 Å². The summed E-state index contributed by atoms with van der Waals surface area (Å²) in [5, 5.41) is 12.0. The monoisotopic (exact) mass is 187 g/mol. The van der Waals surface area contributed by atoms with Gasteiger partial charge in [-0.2, -0.15) is 5.06 Å². The molecule has 0 radical (unpaired) electrons. The van der Waals surface area contributed by atoms with E-state index in [1.165, 1.54) is 11.3 Å². The molecule has 0 saturated heterocycles. The number of nitrogens with zero attached hydrogens (tertiary/aromatic N) is 2. The Morgan fingerprint density at radius 3 is 3.00 bits per heavy atom. The lowest BCUT2D eigenvalue weighted by Gasteiger charge is -2.17. The number of amides is 2. The Labute approximate surface area is 73.4 Å². The maximum Gasteiger partial charge on any atom is 0.339 e. The van der Waals surface area contributed by atoms with E-state index < -0.39 is 12.1 Å². The van der Waals surface area contributed by atoms with Crippen molar-refractivity contribution in [1.82, 2.24) is 10.0 Å². The molecule has 12 heavy (non-hydrogen) atoms. The van der Waals surface area contributed by atoms with Crippen molar-refractivity contribution < 1.29 is 10.0 Å². The third kappa shape index (κ3) is 1.72. The van der Waals surface area contributed by atoms with Crippen LogP contribution in [0.3, 0.4) is 0 Å². The largest absolute Gasteiger partial charge is 0.350 e. The zero-order chi connectivity index (χ0) is 9.14. The van der Waals surface area contributed by atoms with Gasteiger partial charge in [-0.05, 0) is 6.92 Å². The second-order valence-corrected chi connectivity index (χ2v) is 3.16. The third-order valence-corrected chi connectivity index (χ3v) is 2.35. The summed E-state index contributed by atoms with van der Waals surface area (Å²) in [6.07, 6.45) is 1.60. The molecule has 0 aromatic carbocycles. The first kappa shape index (κ1) is 8.95. The van der Waals surface area contributed by atoms with Gasteiger partial charge >= 0.3 is 6.03 Å². The van der Waals surface area contributed by atoms with Crippen molar-refractivity contribution in [1.29, 1.82) is 0 Å². The lowest BCUT2D eigenvalue weighted by atomic mass is 10.3. The summed E-state index contributed by atoms with van der Waals surface area (Å²) in [5.41, 5.74) is 4.86. The normalized spacial score (nSPS) is 12.5. The highest BCUT2D eigenvalue weighted by atomic mass is 32.1. The molecule has 1 aromatic heterocycles. The number of nitrogens with two attached hydrogens (primary N) is 1. The number of rotatable bonds is 2. The molecule has 1 rings (SSSR count). The van der Waals surface area contributed by atoms with Crippen molar-refractivity contribution in [3.8, 4) is 0 Å². The van der Waals surface area contributed by atoms with E-state index in [1.807, 2.05) is 0 Å². The maximum atomic E-state index is 10.5. The first-order valence-electron chi connectivity index (χ1n) is 3.30. The molecular formula is C6H9N3O2S. The van der Waals surface area contributed by atoms with Gasteiger partial charge in [0.2, 0.25) is 0 Å². The van der Waals surface area contributed by atoms with Gasteiger partial charge in [0, 0.05) is 11.6 Å². The number of hydroxylamine groups is 2. The number of carbonyl (C=O) groups excluding carboxylic acids is 1. The highest BCUT2D eigenvalue weighted by Crippen LogP contribution is 2.19. The molecule has 0 aliphatic rings. The van der Waals surface area contributed by atoms with Crippen molar-refractivity contribution in [2.45, 2.75) is 13.0 Å². The molecule has 0 bridgehead atoms. The highest BCUT2D eigenvalue weighted by molar-refractivity contribution is 7.09. The van der Waals surface area contributed by atoms with Crippen LogP contribution in [0.15, 0.2) is 11.6 Å². The Balaban J connectivity index is 2.71. The van der Waals surface area contributed by atoms with Crippen molar-refractivity contribution in [3.05, 3.63) is 16.6 Å². The first-order valence-corrected chi connectivity index (χ1v) is 4.18. The average Bonchev–Trinajstić information content (AvgIpc) is 2.53. The molecule has 5 nitrogen and oxygen atoms in total. The Morgan fingerprint density at radius 1 is 1.92 bits per heavy atom. The zero-order valence-corrected chi connectivity index (χ0v) is 7.28. The number of primary amides is 1. The first-order chi connectivity index (χ1) is 5.63. The maximum absolute atomic E-state index is 10.5. The van der Waals surface area contributed by atoms with Crippen LogP contribution in [0.5, 0.6) is 0 Å². The number of carbonyl (C=O) groups is 1. The van der Waals surface area contributed by atoms with Crippen LogP contribution in [0.1, 0.15) is 18.0 Å². The van der Waals surface area contributed by atoms with E-state index >= 15 is 0 Å². The number of urea groups is 1. The summed E-state index contributed by atoms with van der Waals surface area (Å²) < 4.78 is 0. The standard InChI is InChI=1S/C6H9N3O2S/c1-4(9(11)6(7)10)5-8-2-3-12-5/h2-4,11H,1H3,(H2,7,10). The van der Waals surface area contributed by atoms with Crippen LogP contribution >= 0.6 is 11.3 Å². The minimum atomic E-state index is -0.877. The second-order valence-electron chi connectivity index (χ2n) is 2.23. The summed E-state index contributed by atoms with van der Waals surface area (Å²) in [6, 6.07) is -1.36. The molecule has 0 fully saturated rings. The minimum absolute atomic E-state index is 0.457. The average molecular weight is 187 g/mol. The fourth-order valence-electron chi connectivity index (χ4n) is 0.736. The molecular weight excluding hydrogens is 178 g/mol. The Hall–Kier alpha value is -1.14. The van der Waals surface area contributed by atoms with E-state index in [9.17, 15) is 4.79 Å². The van der Waals surface area contributed by atoms with E-state index in [-0.39, 0.29) is 0 Å². The molecule has 2 amide bonds. The summed E-state index contributed by atoms with van der Waals surface area (Å²) in [7, 11) is 0. The van der Waals surface area contributed by atoms with Gasteiger partial charge < -0.3 is 5.73 Å². The van der Waals surface area contributed by atoms with Gasteiger partial charge in [0.25, 0.3) is 0 Å². The summed E-state index contributed by atoms with van der Waals surface area (Å²) >= 11 is 1.36.